The van der Waals surface area contributed by atoms with E-state index in [0.717, 1.165) is 25.0 Å². The third-order valence-electron chi connectivity index (χ3n) is 6.99. The van der Waals surface area contributed by atoms with E-state index in [0.29, 0.717) is 0 Å². The molecule has 0 N–H and O–H groups in total. The van der Waals surface area contributed by atoms with Crippen molar-refractivity contribution in [3.63, 3.8) is 0 Å². The fraction of sp³-hybridized carbons (Fsp3) is 0.480. The smallest absolute Gasteiger partial charge is 0.141 e. The molecule has 4 heteroatoms. The average Bonchev–Trinajstić information content (AvgIpc) is 3.03. The normalized spacial score (nSPS) is 19.0. The number of benzene rings is 2. The summed E-state index contributed by atoms with van der Waals surface area (Å²) >= 11 is 0. The highest BCUT2D eigenvalue weighted by molar-refractivity contribution is 5.95. The second-order valence-electron chi connectivity index (χ2n) is 8.64. The highest BCUT2D eigenvalue weighted by atomic mass is 15.3. The fourth-order valence-corrected chi connectivity index (χ4v) is 5.02. The van der Waals surface area contributed by atoms with Gasteiger partial charge in [0, 0.05) is 50.9 Å². The lowest BCUT2D eigenvalue weighted by Gasteiger charge is -2.43. The molecule has 3 aromatic rings. The molecule has 1 saturated carbocycles. The molecule has 0 spiro atoms. The number of rotatable bonds is 5. The van der Waals surface area contributed by atoms with Crippen LogP contribution >= 0.6 is 0 Å². The van der Waals surface area contributed by atoms with Gasteiger partial charge in [-0.05, 0) is 37.5 Å². The van der Waals surface area contributed by atoms with E-state index >= 15 is 0 Å². The molecule has 2 fully saturated rings. The lowest BCUT2D eigenvalue weighted by Crippen LogP contribution is -2.52. The summed E-state index contributed by atoms with van der Waals surface area (Å²) in [6.45, 7) is 11.2. The molecule has 2 heterocycles. The zero-order valence-electron chi connectivity index (χ0n) is 17.8. The van der Waals surface area contributed by atoms with Crippen LogP contribution in [0.1, 0.15) is 37.6 Å². The van der Waals surface area contributed by atoms with Crippen molar-refractivity contribution < 1.29 is 0 Å². The third-order valence-corrected chi connectivity index (χ3v) is 6.99. The number of aromatic nitrogens is 2. The van der Waals surface area contributed by atoms with E-state index < -0.39 is 0 Å². The molecule has 0 unspecified atom stereocenters. The highest BCUT2D eigenvalue weighted by Crippen LogP contribution is 2.31. The Morgan fingerprint density at radius 1 is 0.966 bits per heavy atom. The predicted molar refractivity (Wildman–Crippen MR) is 120 cm³/mol. The first-order valence-electron chi connectivity index (χ1n) is 11.2. The minimum absolute atomic E-state index is 0.873. The van der Waals surface area contributed by atoms with Gasteiger partial charge in [-0.15, -0.1) is 0 Å². The standard InChI is InChI=1S/C25H32N4/c1-3-29-24(18-27-14-16-28(17-15-27)21-10-7-11-21)19(2)26-25(29)23-13-6-9-20-8-4-5-12-22(20)23/h4-6,8-9,12-13,21H,3,7,10-11,14-18H2,1-2H3. The Hall–Kier alpha value is -2.17. The van der Waals surface area contributed by atoms with Crippen LogP contribution in [0.2, 0.25) is 0 Å². The number of fused-ring (bicyclic) bond motifs is 1. The van der Waals surface area contributed by atoms with Crippen LogP contribution in [0.4, 0.5) is 0 Å². The summed E-state index contributed by atoms with van der Waals surface area (Å²) in [5.74, 6) is 1.12. The van der Waals surface area contributed by atoms with Gasteiger partial charge in [-0.2, -0.15) is 0 Å². The summed E-state index contributed by atoms with van der Waals surface area (Å²) in [6.07, 6.45) is 4.25. The average molecular weight is 389 g/mol. The molecule has 0 radical (unpaired) electrons. The van der Waals surface area contributed by atoms with Gasteiger partial charge in [0.1, 0.15) is 5.82 Å². The van der Waals surface area contributed by atoms with Crippen molar-refractivity contribution in [3.8, 4) is 11.4 Å². The maximum absolute atomic E-state index is 5.06. The summed E-state index contributed by atoms with van der Waals surface area (Å²) < 4.78 is 2.44. The first kappa shape index (κ1) is 18.8. The summed E-state index contributed by atoms with van der Waals surface area (Å²) in [4.78, 5) is 10.4. The molecule has 0 bridgehead atoms. The number of hydrogen-bond donors (Lipinski definition) is 0. The number of imidazole rings is 1. The summed E-state index contributed by atoms with van der Waals surface area (Å²) in [7, 11) is 0. The van der Waals surface area contributed by atoms with Gasteiger partial charge in [0.15, 0.2) is 0 Å². The van der Waals surface area contributed by atoms with Gasteiger partial charge >= 0.3 is 0 Å². The monoisotopic (exact) mass is 388 g/mol. The molecule has 2 aromatic carbocycles. The molecule has 0 atom stereocenters. The Morgan fingerprint density at radius 3 is 2.45 bits per heavy atom. The van der Waals surface area contributed by atoms with Crippen LogP contribution in [0.5, 0.6) is 0 Å². The highest BCUT2D eigenvalue weighted by Gasteiger charge is 2.28. The van der Waals surface area contributed by atoms with Crippen molar-refractivity contribution in [2.45, 2.75) is 52.2 Å². The van der Waals surface area contributed by atoms with Gasteiger partial charge in [-0.1, -0.05) is 48.9 Å². The van der Waals surface area contributed by atoms with Crippen molar-refractivity contribution in [3.05, 3.63) is 53.9 Å². The lowest BCUT2D eigenvalue weighted by atomic mass is 9.91. The molecule has 5 rings (SSSR count). The summed E-state index contributed by atoms with van der Waals surface area (Å²) in [6, 6.07) is 16.1. The maximum atomic E-state index is 5.06. The zero-order valence-corrected chi connectivity index (χ0v) is 17.8. The number of nitrogens with zero attached hydrogens (tertiary/aromatic N) is 4. The van der Waals surface area contributed by atoms with E-state index in [1.54, 1.807) is 0 Å². The zero-order chi connectivity index (χ0) is 19.8. The van der Waals surface area contributed by atoms with Crippen molar-refractivity contribution in [2.75, 3.05) is 26.2 Å². The molecular formula is C25H32N4. The second kappa shape index (κ2) is 7.92. The number of piperazine rings is 1. The van der Waals surface area contributed by atoms with Gasteiger partial charge in [-0.3, -0.25) is 9.80 Å². The molecule has 1 aromatic heterocycles. The van der Waals surface area contributed by atoms with Crippen molar-refractivity contribution in [1.82, 2.24) is 19.4 Å². The van der Waals surface area contributed by atoms with Gasteiger partial charge in [0.25, 0.3) is 0 Å². The van der Waals surface area contributed by atoms with E-state index in [9.17, 15) is 0 Å². The molecule has 0 amide bonds. The molecule has 1 aliphatic heterocycles. The SMILES string of the molecule is CCn1c(-c2cccc3ccccc23)nc(C)c1CN1CCN(C2CCC2)CC1. The van der Waals surface area contributed by atoms with Gasteiger partial charge in [0.2, 0.25) is 0 Å². The summed E-state index contributed by atoms with van der Waals surface area (Å²) in [5, 5.41) is 2.57. The molecule has 152 valence electrons. The number of hydrogen-bond acceptors (Lipinski definition) is 3. The maximum Gasteiger partial charge on any atom is 0.141 e. The Morgan fingerprint density at radius 2 is 1.72 bits per heavy atom. The Labute approximate surface area is 174 Å². The predicted octanol–water partition coefficient (Wildman–Crippen LogP) is 4.70. The van der Waals surface area contributed by atoms with Gasteiger partial charge in [-0.25, -0.2) is 4.98 Å². The molecule has 2 aliphatic rings. The minimum Gasteiger partial charge on any atom is -0.327 e. The minimum atomic E-state index is 0.873. The quantitative estimate of drug-likeness (QED) is 0.633. The van der Waals surface area contributed by atoms with E-state index in [-0.39, 0.29) is 0 Å². The van der Waals surface area contributed by atoms with E-state index in [4.69, 9.17) is 4.98 Å². The van der Waals surface area contributed by atoms with Crippen LogP contribution in [0.3, 0.4) is 0 Å². The Bertz CT molecular complexity index is 988. The van der Waals surface area contributed by atoms with Gasteiger partial charge < -0.3 is 4.57 Å². The van der Waals surface area contributed by atoms with Crippen molar-refractivity contribution in [1.29, 1.82) is 0 Å². The Kier molecular flexibility index (Phi) is 5.15. The van der Waals surface area contributed by atoms with E-state index in [1.807, 2.05) is 0 Å². The van der Waals surface area contributed by atoms with Crippen molar-refractivity contribution in [2.24, 2.45) is 0 Å². The first-order valence-corrected chi connectivity index (χ1v) is 11.2. The van der Waals surface area contributed by atoms with Crippen LogP contribution < -0.4 is 0 Å². The van der Waals surface area contributed by atoms with Crippen LogP contribution in [-0.4, -0.2) is 51.6 Å². The van der Waals surface area contributed by atoms with Crippen LogP contribution in [-0.2, 0) is 13.1 Å². The molecule has 1 aliphatic carbocycles. The van der Waals surface area contributed by atoms with Crippen LogP contribution in [0.15, 0.2) is 42.5 Å². The van der Waals surface area contributed by atoms with E-state index in [1.165, 1.54) is 73.2 Å². The molecule has 1 saturated heterocycles. The molecule has 4 nitrogen and oxygen atoms in total. The topological polar surface area (TPSA) is 24.3 Å². The first-order chi connectivity index (χ1) is 14.2. The van der Waals surface area contributed by atoms with Crippen molar-refractivity contribution >= 4 is 10.8 Å². The fourth-order valence-electron chi connectivity index (χ4n) is 5.02. The molecule has 29 heavy (non-hydrogen) atoms. The second-order valence-corrected chi connectivity index (χ2v) is 8.64. The lowest BCUT2D eigenvalue weighted by molar-refractivity contribution is 0.0578. The summed E-state index contributed by atoms with van der Waals surface area (Å²) in [5.41, 5.74) is 3.80. The molecular weight excluding hydrogens is 356 g/mol. The van der Waals surface area contributed by atoms with E-state index in [2.05, 4.69) is 70.7 Å². The van der Waals surface area contributed by atoms with Crippen LogP contribution in [0.25, 0.3) is 22.2 Å². The third kappa shape index (κ3) is 3.49. The van der Waals surface area contributed by atoms with Crippen LogP contribution in [0, 0.1) is 6.92 Å². The number of aryl methyl sites for hydroxylation is 1. The van der Waals surface area contributed by atoms with Gasteiger partial charge in [0.05, 0.1) is 11.4 Å². The largest absolute Gasteiger partial charge is 0.327 e. The Balaban J connectivity index is 1.41.